The summed E-state index contributed by atoms with van der Waals surface area (Å²) < 4.78 is 5.46. The molecule has 1 atom stereocenters. The van der Waals surface area contributed by atoms with Crippen LogP contribution in [0.25, 0.3) is 0 Å². The van der Waals surface area contributed by atoms with Crippen LogP contribution in [0.2, 0.25) is 0 Å². The van der Waals surface area contributed by atoms with Gasteiger partial charge < -0.3 is 15.4 Å². The second-order valence-electron chi connectivity index (χ2n) is 6.54. The van der Waals surface area contributed by atoms with Crippen LogP contribution in [-0.2, 0) is 4.74 Å². The summed E-state index contributed by atoms with van der Waals surface area (Å²) in [4.78, 5) is 14.0. The first-order valence-electron chi connectivity index (χ1n) is 6.55. The molecule has 1 saturated carbocycles. The van der Waals surface area contributed by atoms with E-state index in [0.29, 0.717) is 12.0 Å². The largest absolute Gasteiger partial charge is 0.444 e. The maximum atomic E-state index is 12.1. The van der Waals surface area contributed by atoms with Gasteiger partial charge in [-0.05, 0) is 51.9 Å². The predicted octanol–water partition coefficient (Wildman–Crippen LogP) is 2.12. The highest BCUT2D eigenvalue weighted by atomic mass is 16.6. The molecular formula is C13H24N2O2. The number of nitrogens with two attached hydrogens (primary N) is 1. The minimum absolute atomic E-state index is 0.163. The highest BCUT2D eigenvalue weighted by Gasteiger charge is 2.49. The van der Waals surface area contributed by atoms with Gasteiger partial charge in [-0.2, -0.15) is 0 Å². The van der Waals surface area contributed by atoms with Crippen molar-refractivity contribution in [1.29, 1.82) is 0 Å². The molecule has 1 saturated heterocycles. The van der Waals surface area contributed by atoms with Crippen LogP contribution >= 0.6 is 0 Å². The van der Waals surface area contributed by atoms with Gasteiger partial charge in [-0.15, -0.1) is 0 Å². The summed E-state index contributed by atoms with van der Waals surface area (Å²) in [5.41, 5.74) is 5.73. The van der Waals surface area contributed by atoms with Gasteiger partial charge in [0.05, 0.1) is 0 Å². The highest BCUT2D eigenvalue weighted by Crippen LogP contribution is 2.53. The van der Waals surface area contributed by atoms with Crippen LogP contribution in [0.15, 0.2) is 0 Å². The Balaban J connectivity index is 2.02. The van der Waals surface area contributed by atoms with Crippen LogP contribution < -0.4 is 5.73 Å². The molecule has 0 aromatic rings. The lowest BCUT2D eigenvalue weighted by Crippen LogP contribution is -2.52. The van der Waals surface area contributed by atoms with Crippen molar-refractivity contribution in [3.63, 3.8) is 0 Å². The molecule has 2 rings (SSSR count). The molecule has 2 N–H and O–H groups in total. The van der Waals surface area contributed by atoms with Gasteiger partial charge in [-0.1, -0.05) is 0 Å². The minimum atomic E-state index is -0.426. The molecule has 1 heterocycles. The Morgan fingerprint density at radius 3 is 2.53 bits per heavy atom. The van der Waals surface area contributed by atoms with Crippen LogP contribution in [0.1, 0.15) is 46.5 Å². The van der Waals surface area contributed by atoms with Crippen molar-refractivity contribution in [3.05, 3.63) is 0 Å². The standard InChI is InChI=1S/C13H24N2O2/c1-12(2,3)17-11(16)15-9-13(6-7-13)5-4-10(15)8-14/h10H,4-9,14H2,1-3H3/t10-/m1/s1. The average molecular weight is 240 g/mol. The van der Waals surface area contributed by atoms with Crippen molar-refractivity contribution >= 4 is 6.09 Å². The summed E-state index contributed by atoms with van der Waals surface area (Å²) in [7, 11) is 0. The first-order chi connectivity index (χ1) is 7.85. The van der Waals surface area contributed by atoms with Crippen molar-refractivity contribution in [3.8, 4) is 0 Å². The molecule has 0 aromatic carbocycles. The van der Waals surface area contributed by atoms with Gasteiger partial charge in [0.15, 0.2) is 0 Å². The lowest BCUT2D eigenvalue weighted by molar-refractivity contribution is 0.00165. The van der Waals surface area contributed by atoms with Crippen molar-refractivity contribution in [2.24, 2.45) is 11.1 Å². The molecular weight excluding hydrogens is 216 g/mol. The third-order valence-electron chi connectivity index (χ3n) is 3.81. The summed E-state index contributed by atoms with van der Waals surface area (Å²) in [6, 6.07) is 0.163. The number of likely N-dealkylation sites (tertiary alicyclic amines) is 1. The second-order valence-corrected chi connectivity index (χ2v) is 6.54. The zero-order valence-electron chi connectivity index (χ0n) is 11.2. The van der Waals surface area contributed by atoms with E-state index in [-0.39, 0.29) is 12.1 Å². The summed E-state index contributed by atoms with van der Waals surface area (Å²) >= 11 is 0. The fraction of sp³-hybridized carbons (Fsp3) is 0.923. The Kier molecular flexibility index (Phi) is 3.10. The Morgan fingerprint density at radius 1 is 1.41 bits per heavy atom. The summed E-state index contributed by atoms with van der Waals surface area (Å²) in [5.74, 6) is 0. The maximum Gasteiger partial charge on any atom is 0.410 e. The Bertz CT molecular complexity index is 305. The lowest BCUT2D eigenvalue weighted by Gasteiger charge is -2.40. The third kappa shape index (κ3) is 2.92. The Morgan fingerprint density at radius 2 is 2.06 bits per heavy atom. The number of nitrogens with zero attached hydrogens (tertiary/aromatic N) is 1. The number of piperidine rings is 1. The van der Waals surface area contributed by atoms with E-state index >= 15 is 0 Å². The molecule has 4 heteroatoms. The van der Waals surface area contributed by atoms with Crippen LogP contribution in [0, 0.1) is 5.41 Å². The quantitative estimate of drug-likeness (QED) is 0.764. The number of carbonyl (C=O) groups is 1. The van der Waals surface area contributed by atoms with E-state index in [1.165, 1.54) is 19.3 Å². The van der Waals surface area contributed by atoms with E-state index in [4.69, 9.17) is 10.5 Å². The number of carbonyl (C=O) groups excluding carboxylic acids is 1. The van der Waals surface area contributed by atoms with E-state index < -0.39 is 5.60 Å². The molecule has 17 heavy (non-hydrogen) atoms. The zero-order chi connectivity index (χ0) is 12.7. The van der Waals surface area contributed by atoms with Crippen molar-refractivity contribution in [1.82, 2.24) is 4.90 Å². The monoisotopic (exact) mass is 240 g/mol. The first-order valence-corrected chi connectivity index (χ1v) is 6.55. The number of ether oxygens (including phenoxy) is 1. The topological polar surface area (TPSA) is 55.6 Å². The highest BCUT2D eigenvalue weighted by molar-refractivity contribution is 5.69. The van der Waals surface area contributed by atoms with Crippen molar-refractivity contribution in [2.45, 2.75) is 58.1 Å². The number of hydrogen-bond donors (Lipinski definition) is 1. The molecule has 1 aliphatic carbocycles. The third-order valence-corrected chi connectivity index (χ3v) is 3.81. The molecule has 0 radical (unpaired) electrons. The van der Waals surface area contributed by atoms with Gasteiger partial charge in [-0.25, -0.2) is 4.79 Å². The number of rotatable bonds is 1. The normalized spacial score (nSPS) is 27.1. The predicted molar refractivity (Wildman–Crippen MR) is 66.7 cm³/mol. The van der Waals surface area contributed by atoms with Gasteiger partial charge in [-0.3, -0.25) is 0 Å². The Hall–Kier alpha value is -0.770. The van der Waals surface area contributed by atoms with E-state index in [1.807, 2.05) is 25.7 Å². The van der Waals surface area contributed by atoms with E-state index in [2.05, 4.69) is 0 Å². The van der Waals surface area contributed by atoms with Gasteiger partial charge in [0.2, 0.25) is 0 Å². The van der Waals surface area contributed by atoms with Crippen LogP contribution in [0.5, 0.6) is 0 Å². The van der Waals surface area contributed by atoms with Crippen LogP contribution in [0.4, 0.5) is 4.79 Å². The minimum Gasteiger partial charge on any atom is -0.444 e. The lowest BCUT2D eigenvalue weighted by atomic mass is 9.90. The first kappa shape index (κ1) is 12.7. The van der Waals surface area contributed by atoms with E-state index in [9.17, 15) is 4.79 Å². The number of amides is 1. The second kappa shape index (κ2) is 4.16. The molecule has 1 amide bonds. The molecule has 1 spiro atoms. The molecule has 0 unspecified atom stereocenters. The van der Waals surface area contributed by atoms with Gasteiger partial charge in [0.1, 0.15) is 5.60 Å². The smallest absolute Gasteiger partial charge is 0.410 e. The van der Waals surface area contributed by atoms with E-state index in [0.717, 1.165) is 13.0 Å². The SMILES string of the molecule is CC(C)(C)OC(=O)N1CC2(CC[C@@H]1CN)CC2. The number of hydrogen-bond acceptors (Lipinski definition) is 3. The van der Waals surface area contributed by atoms with Crippen molar-refractivity contribution < 1.29 is 9.53 Å². The fourth-order valence-electron chi connectivity index (χ4n) is 2.56. The van der Waals surface area contributed by atoms with Gasteiger partial charge >= 0.3 is 6.09 Å². The molecule has 0 aromatic heterocycles. The molecule has 98 valence electrons. The average Bonchev–Trinajstić information content (AvgIpc) is 2.95. The molecule has 0 bridgehead atoms. The zero-order valence-corrected chi connectivity index (χ0v) is 11.2. The maximum absolute atomic E-state index is 12.1. The van der Waals surface area contributed by atoms with Gasteiger partial charge in [0, 0.05) is 19.1 Å². The van der Waals surface area contributed by atoms with Crippen LogP contribution in [-0.4, -0.2) is 35.7 Å². The molecule has 2 aliphatic rings. The molecule has 1 aliphatic heterocycles. The van der Waals surface area contributed by atoms with E-state index in [1.54, 1.807) is 0 Å². The molecule has 4 nitrogen and oxygen atoms in total. The summed E-state index contributed by atoms with van der Waals surface area (Å²) in [6.07, 6.45) is 4.55. The Labute approximate surface area is 103 Å². The molecule has 2 fully saturated rings. The van der Waals surface area contributed by atoms with Crippen molar-refractivity contribution in [2.75, 3.05) is 13.1 Å². The fourth-order valence-corrected chi connectivity index (χ4v) is 2.56. The van der Waals surface area contributed by atoms with Gasteiger partial charge in [0.25, 0.3) is 0 Å². The van der Waals surface area contributed by atoms with Crippen LogP contribution in [0.3, 0.4) is 0 Å². The summed E-state index contributed by atoms with van der Waals surface area (Å²) in [6.45, 7) is 7.08. The summed E-state index contributed by atoms with van der Waals surface area (Å²) in [5, 5.41) is 0.